The lowest BCUT2D eigenvalue weighted by Gasteiger charge is -1.98. The Labute approximate surface area is 153 Å². The van der Waals surface area contributed by atoms with Crippen molar-refractivity contribution in [2.75, 3.05) is 0 Å². The minimum atomic E-state index is -2.60. The zero-order valence-electron chi connectivity index (χ0n) is 14.0. The minimum absolute atomic E-state index is 0.437. The van der Waals surface area contributed by atoms with E-state index in [0.29, 0.717) is 5.75 Å². The maximum absolute atomic E-state index is 10.5. The molecule has 1 atom stereocenters. The first kappa shape index (κ1) is 17.8. The van der Waals surface area contributed by atoms with Gasteiger partial charge in [-0.25, -0.2) is 4.52 Å². The third kappa shape index (κ3) is 4.76. The molecule has 3 nitrogen and oxygen atoms in total. The smallest absolute Gasteiger partial charge is 0.229 e. The summed E-state index contributed by atoms with van der Waals surface area (Å²) < 4.78 is 15.3. The highest BCUT2D eigenvalue weighted by atomic mass is 31.1. The Morgan fingerprint density at radius 2 is 1.12 bits per heavy atom. The third-order valence-corrected chi connectivity index (χ3v) is 4.16. The van der Waals surface area contributed by atoms with Gasteiger partial charge in [-0.2, -0.15) is 0 Å². The molecule has 0 bridgehead atoms. The molecule has 4 aromatic carbocycles. The van der Waals surface area contributed by atoms with Crippen molar-refractivity contribution in [1.82, 2.24) is 0 Å². The Kier molecular flexibility index (Phi) is 6.10. The maximum atomic E-state index is 10.5. The number of fused-ring (bicyclic) bond motifs is 1. The first-order chi connectivity index (χ1) is 12.7. The topological polar surface area (TPSA) is 46.5 Å². The van der Waals surface area contributed by atoms with E-state index in [-0.39, 0.29) is 0 Å². The SMILES string of the molecule is O=[P+](O)Oc1cccc2ccccc12.c1ccc(-c2ccccc2)cc1. The van der Waals surface area contributed by atoms with Gasteiger partial charge >= 0.3 is 8.25 Å². The molecule has 128 valence electrons. The predicted octanol–water partition coefficient (Wildman–Crippen LogP) is 6.22. The number of hydrogen-bond donors (Lipinski definition) is 1. The molecule has 0 aliphatic rings. The largest absolute Gasteiger partial charge is 0.747 e. The molecular formula is C22H18O3P+. The van der Waals surface area contributed by atoms with Gasteiger partial charge < -0.3 is 0 Å². The molecule has 0 saturated carbocycles. The monoisotopic (exact) mass is 361 g/mol. The van der Waals surface area contributed by atoms with Gasteiger partial charge in [0.15, 0.2) is 5.75 Å². The molecule has 1 N–H and O–H groups in total. The van der Waals surface area contributed by atoms with E-state index < -0.39 is 8.25 Å². The van der Waals surface area contributed by atoms with Crippen LogP contribution >= 0.6 is 8.25 Å². The van der Waals surface area contributed by atoms with E-state index in [1.807, 2.05) is 42.5 Å². The lowest BCUT2D eigenvalue weighted by atomic mass is 10.1. The van der Waals surface area contributed by atoms with Crippen LogP contribution in [0.5, 0.6) is 5.75 Å². The maximum Gasteiger partial charge on any atom is 0.747 e. The third-order valence-electron chi connectivity index (χ3n) is 3.81. The molecule has 0 aromatic heterocycles. The van der Waals surface area contributed by atoms with Crippen LogP contribution in [0.1, 0.15) is 0 Å². The highest BCUT2D eigenvalue weighted by molar-refractivity contribution is 7.32. The fourth-order valence-electron chi connectivity index (χ4n) is 2.62. The standard InChI is InChI=1S/C12H10.C10H7O3P/c1-3-7-11(8-4-1)12-9-5-2-6-10-12;11-14(12)13-10-7-3-5-8-4-1-2-6-9(8)10/h1-10H;1-7H/p+1. The van der Waals surface area contributed by atoms with E-state index in [1.54, 1.807) is 12.1 Å². The fourth-order valence-corrected chi connectivity index (χ4v) is 2.95. The summed E-state index contributed by atoms with van der Waals surface area (Å²) in [5.74, 6) is 0.437. The van der Waals surface area contributed by atoms with E-state index in [0.717, 1.165) is 10.8 Å². The van der Waals surface area contributed by atoms with Gasteiger partial charge in [-0.1, -0.05) is 97.1 Å². The average Bonchev–Trinajstić information content (AvgIpc) is 2.70. The van der Waals surface area contributed by atoms with E-state index in [9.17, 15) is 4.57 Å². The zero-order chi connectivity index (χ0) is 18.2. The van der Waals surface area contributed by atoms with Crippen molar-refractivity contribution in [1.29, 1.82) is 0 Å². The zero-order valence-corrected chi connectivity index (χ0v) is 14.9. The second-order valence-electron chi connectivity index (χ2n) is 5.54. The number of benzene rings is 4. The van der Waals surface area contributed by atoms with Crippen LogP contribution < -0.4 is 4.52 Å². The van der Waals surface area contributed by atoms with Crippen LogP contribution in [0.15, 0.2) is 103 Å². The summed E-state index contributed by atoms with van der Waals surface area (Å²) in [4.78, 5) is 8.65. The van der Waals surface area contributed by atoms with Crippen molar-refractivity contribution in [2.24, 2.45) is 0 Å². The second kappa shape index (κ2) is 8.91. The Balaban J connectivity index is 0.000000152. The Bertz CT molecular complexity index is 943. The molecule has 0 spiro atoms. The summed E-state index contributed by atoms with van der Waals surface area (Å²) in [5.41, 5.74) is 2.55. The Hall–Kier alpha value is -3.00. The van der Waals surface area contributed by atoms with Crippen molar-refractivity contribution in [2.45, 2.75) is 0 Å². The highest BCUT2D eigenvalue weighted by Gasteiger charge is 2.15. The van der Waals surface area contributed by atoms with E-state index in [2.05, 4.69) is 48.5 Å². The highest BCUT2D eigenvalue weighted by Crippen LogP contribution is 2.30. The molecule has 4 aromatic rings. The molecular weight excluding hydrogens is 343 g/mol. The molecule has 4 rings (SSSR count). The lowest BCUT2D eigenvalue weighted by molar-refractivity contribution is 0.412. The molecule has 0 saturated heterocycles. The minimum Gasteiger partial charge on any atom is -0.229 e. The van der Waals surface area contributed by atoms with Crippen molar-refractivity contribution < 1.29 is 14.0 Å². The summed E-state index contributed by atoms with van der Waals surface area (Å²) in [6.07, 6.45) is 0. The van der Waals surface area contributed by atoms with Crippen molar-refractivity contribution >= 4 is 19.0 Å². The predicted molar refractivity (Wildman–Crippen MR) is 106 cm³/mol. The Morgan fingerprint density at radius 3 is 1.69 bits per heavy atom. The van der Waals surface area contributed by atoms with Crippen LogP contribution in [0, 0.1) is 0 Å². The summed E-state index contributed by atoms with van der Waals surface area (Å²) in [5, 5.41) is 1.83. The summed E-state index contributed by atoms with van der Waals surface area (Å²) in [7, 11) is -2.60. The van der Waals surface area contributed by atoms with Gasteiger partial charge in [-0.15, -0.1) is 4.89 Å². The quantitative estimate of drug-likeness (QED) is 0.441. The normalized spacial score (nSPS) is 10.6. The molecule has 1 unspecified atom stereocenters. The summed E-state index contributed by atoms with van der Waals surface area (Å²) in [6.45, 7) is 0. The van der Waals surface area contributed by atoms with Crippen LogP contribution in [0.25, 0.3) is 21.9 Å². The molecule has 0 fully saturated rings. The van der Waals surface area contributed by atoms with E-state index >= 15 is 0 Å². The summed E-state index contributed by atoms with van der Waals surface area (Å²) in [6, 6.07) is 33.7. The van der Waals surface area contributed by atoms with Crippen molar-refractivity contribution in [3.8, 4) is 16.9 Å². The van der Waals surface area contributed by atoms with Gasteiger partial charge in [0.05, 0.1) is 0 Å². The van der Waals surface area contributed by atoms with Crippen LogP contribution in [-0.4, -0.2) is 4.89 Å². The van der Waals surface area contributed by atoms with Gasteiger partial charge in [-0.3, -0.25) is 0 Å². The van der Waals surface area contributed by atoms with Crippen LogP contribution in [0.3, 0.4) is 0 Å². The fraction of sp³-hybridized carbons (Fsp3) is 0. The van der Waals surface area contributed by atoms with Gasteiger partial charge in [-0.05, 0) is 22.6 Å². The van der Waals surface area contributed by atoms with Crippen LogP contribution in [0.2, 0.25) is 0 Å². The molecule has 0 aliphatic heterocycles. The molecule has 4 heteroatoms. The van der Waals surface area contributed by atoms with Crippen LogP contribution in [-0.2, 0) is 4.57 Å². The molecule has 0 aliphatic carbocycles. The molecule has 0 radical (unpaired) electrons. The average molecular weight is 361 g/mol. The van der Waals surface area contributed by atoms with E-state index in [4.69, 9.17) is 9.42 Å². The lowest BCUT2D eigenvalue weighted by Crippen LogP contribution is -1.81. The van der Waals surface area contributed by atoms with Gasteiger partial charge in [0, 0.05) is 9.95 Å². The van der Waals surface area contributed by atoms with Crippen molar-refractivity contribution in [3.05, 3.63) is 103 Å². The van der Waals surface area contributed by atoms with Gasteiger partial charge in [0.2, 0.25) is 0 Å². The first-order valence-corrected chi connectivity index (χ1v) is 9.29. The molecule has 26 heavy (non-hydrogen) atoms. The summed E-state index contributed by atoms with van der Waals surface area (Å²) >= 11 is 0. The second-order valence-corrected chi connectivity index (χ2v) is 6.20. The first-order valence-electron chi connectivity index (χ1n) is 8.16. The Morgan fingerprint density at radius 1 is 0.615 bits per heavy atom. The van der Waals surface area contributed by atoms with Crippen LogP contribution in [0.4, 0.5) is 0 Å². The van der Waals surface area contributed by atoms with Gasteiger partial charge in [0.1, 0.15) is 0 Å². The van der Waals surface area contributed by atoms with Gasteiger partial charge in [0.25, 0.3) is 0 Å². The van der Waals surface area contributed by atoms with Crippen molar-refractivity contribution in [3.63, 3.8) is 0 Å². The molecule has 0 amide bonds. The molecule has 0 heterocycles. The number of rotatable bonds is 3. The van der Waals surface area contributed by atoms with E-state index in [1.165, 1.54) is 11.1 Å². The number of hydrogen-bond acceptors (Lipinski definition) is 2.